The van der Waals surface area contributed by atoms with E-state index in [1.807, 2.05) is 25.1 Å². The normalized spacial score (nSPS) is 14.7. The minimum Gasteiger partial charge on any atom is -0.370 e. The zero-order chi connectivity index (χ0) is 17.6. The second-order valence-corrected chi connectivity index (χ2v) is 6.83. The molecule has 134 valence electrons. The van der Waals surface area contributed by atoms with E-state index in [1.54, 1.807) is 0 Å². The van der Waals surface area contributed by atoms with Gasteiger partial charge in [0.2, 0.25) is 0 Å². The Balaban J connectivity index is 1.64. The first-order chi connectivity index (χ1) is 12.2. The molecule has 0 amide bonds. The summed E-state index contributed by atoms with van der Waals surface area (Å²) in [5.41, 5.74) is 1.19. The number of aromatic nitrogens is 2. The molecule has 0 atom stereocenters. The van der Waals surface area contributed by atoms with Gasteiger partial charge in [0.1, 0.15) is 17.5 Å². The molecule has 0 spiro atoms. The van der Waals surface area contributed by atoms with Crippen molar-refractivity contribution in [2.24, 2.45) is 0 Å². The predicted octanol–water partition coefficient (Wildman–Crippen LogP) is 3.98. The maximum Gasteiger partial charge on any atom is 0.134 e. The summed E-state index contributed by atoms with van der Waals surface area (Å²) < 4.78 is 0. The largest absolute Gasteiger partial charge is 0.370 e. The fourth-order valence-electron chi connectivity index (χ4n) is 3.06. The number of aryl methyl sites for hydroxylation is 1. The van der Waals surface area contributed by atoms with Crippen LogP contribution in [0.25, 0.3) is 0 Å². The molecule has 1 aromatic carbocycles. The van der Waals surface area contributed by atoms with Crippen molar-refractivity contribution in [2.75, 3.05) is 47.8 Å². The summed E-state index contributed by atoms with van der Waals surface area (Å²) in [6.45, 7) is 8.90. The van der Waals surface area contributed by atoms with Crippen molar-refractivity contribution in [3.8, 4) is 0 Å². The summed E-state index contributed by atoms with van der Waals surface area (Å²) in [7, 11) is 0. The van der Waals surface area contributed by atoms with Gasteiger partial charge >= 0.3 is 0 Å². The highest BCUT2D eigenvalue weighted by Gasteiger charge is 2.19. The van der Waals surface area contributed by atoms with Crippen LogP contribution in [0.4, 0.5) is 17.3 Å². The fourth-order valence-corrected chi connectivity index (χ4v) is 3.25. The van der Waals surface area contributed by atoms with Crippen LogP contribution in [0.3, 0.4) is 0 Å². The van der Waals surface area contributed by atoms with E-state index in [0.717, 1.165) is 61.6 Å². The fraction of sp³-hybridized carbons (Fsp3) is 0.474. The van der Waals surface area contributed by atoms with E-state index in [9.17, 15) is 0 Å². The van der Waals surface area contributed by atoms with E-state index in [0.29, 0.717) is 0 Å². The maximum absolute atomic E-state index is 6.11. The molecule has 0 bridgehead atoms. The Kier molecular flexibility index (Phi) is 5.97. The highest BCUT2D eigenvalue weighted by atomic mass is 35.5. The number of anilines is 3. The lowest BCUT2D eigenvalue weighted by Crippen LogP contribution is -2.46. The summed E-state index contributed by atoms with van der Waals surface area (Å²) in [6, 6.07) is 10.1. The molecule has 0 aliphatic carbocycles. The standard InChI is InChI=1S/C19H26ClN5/c1-3-4-8-21-18-14-19(23-15(2)22-18)25-11-9-24(10-12-25)17-7-5-6-16(20)13-17/h5-7,13-14H,3-4,8-12H2,1-2H3,(H,21,22,23). The first kappa shape index (κ1) is 17.8. The lowest BCUT2D eigenvalue weighted by Gasteiger charge is -2.37. The van der Waals surface area contributed by atoms with Crippen LogP contribution in [0.2, 0.25) is 5.02 Å². The Bertz CT molecular complexity index is 698. The van der Waals surface area contributed by atoms with Gasteiger partial charge < -0.3 is 15.1 Å². The Morgan fingerprint density at radius 1 is 1.08 bits per heavy atom. The van der Waals surface area contributed by atoms with Crippen LogP contribution in [0.1, 0.15) is 25.6 Å². The van der Waals surface area contributed by atoms with E-state index < -0.39 is 0 Å². The molecular weight excluding hydrogens is 334 g/mol. The quantitative estimate of drug-likeness (QED) is 0.790. The predicted molar refractivity (Wildman–Crippen MR) is 106 cm³/mol. The van der Waals surface area contributed by atoms with Gasteiger partial charge in [-0.1, -0.05) is 31.0 Å². The van der Waals surface area contributed by atoms with E-state index in [4.69, 9.17) is 11.6 Å². The molecule has 1 fully saturated rings. The third-order valence-corrected chi connectivity index (χ3v) is 4.67. The second kappa shape index (κ2) is 8.39. The number of halogens is 1. The molecule has 5 nitrogen and oxygen atoms in total. The Labute approximate surface area is 155 Å². The van der Waals surface area contributed by atoms with Crippen LogP contribution in [-0.2, 0) is 0 Å². The molecule has 6 heteroatoms. The van der Waals surface area contributed by atoms with Gasteiger partial charge in [0.05, 0.1) is 0 Å². The molecule has 3 rings (SSSR count). The number of hydrogen-bond acceptors (Lipinski definition) is 5. The maximum atomic E-state index is 6.11. The summed E-state index contributed by atoms with van der Waals surface area (Å²) in [5.74, 6) is 2.75. The van der Waals surface area contributed by atoms with Crippen molar-refractivity contribution in [3.63, 3.8) is 0 Å². The number of rotatable bonds is 6. The van der Waals surface area contributed by atoms with Crippen molar-refractivity contribution >= 4 is 28.9 Å². The van der Waals surface area contributed by atoms with E-state index in [-0.39, 0.29) is 0 Å². The summed E-state index contributed by atoms with van der Waals surface area (Å²) in [4.78, 5) is 13.8. The highest BCUT2D eigenvalue weighted by molar-refractivity contribution is 6.30. The zero-order valence-corrected chi connectivity index (χ0v) is 15.8. The van der Waals surface area contributed by atoms with Crippen molar-refractivity contribution < 1.29 is 0 Å². The SMILES string of the molecule is CCCCNc1cc(N2CCN(c3cccc(Cl)c3)CC2)nc(C)n1. The molecule has 0 unspecified atom stereocenters. The Morgan fingerprint density at radius 3 is 2.56 bits per heavy atom. The molecule has 1 aliphatic rings. The van der Waals surface area contributed by atoms with E-state index >= 15 is 0 Å². The number of piperazine rings is 1. The van der Waals surface area contributed by atoms with Gasteiger partial charge in [0, 0.05) is 49.5 Å². The molecule has 0 radical (unpaired) electrons. The average molecular weight is 360 g/mol. The van der Waals surface area contributed by atoms with Crippen LogP contribution in [0, 0.1) is 6.92 Å². The van der Waals surface area contributed by atoms with Crippen LogP contribution >= 0.6 is 11.6 Å². The molecule has 1 aromatic heterocycles. The lowest BCUT2D eigenvalue weighted by molar-refractivity contribution is 0.646. The number of nitrogens with one attached hydrogen (secondary N) is 1. The smallest absolute Gasteiger partial charge is 0.134 e. The van der Waals surface area contributed by atoms with Crippen molar-refractivity contribution in [2.45, 2.75) is 26.7 Å². The van der Waals surface area contributed by atoms with Gasteiger partial charge in [-0.25, -0.2) is 9.97 Å². The van der Waals surface area contributed by atoms with Gasteiger partial charge in [-0.3, -0.25) is 0 Å². The molecule has 2 heterocycles. The molecule has 2 aromatic rings. The number of unbranched alkanes of at least 4 members (excludes halogenated alkanes) is 1. The van der Waals surface area contributed by atoms with Gasteiger partial charge in [-0.05, 0) is 31.5 Å². The first-order valence-corrected chi connectivity index (χ1v) is 9.38. The Morgan fingerprint density at radius 2 is 1.84 bits per heavy atom. The van der Waals surface area contributed by atoms with Gasteiger partial charge in [0.15, 0.2) is 0 Å². The highest BCUT2D eigenvalue weighted by Crippen LogP contribution is 2.23. The van der Waals surface area contributed by atoms with E-state index in [1.165, 1.54) is 12.1 Å². The Hall–Kier alpha value is -2.01. The summed E-state index contributed by atoms with van der Waals surface area (Å²) >= 11 is 6.11. The second-order valence-electron chi connectivity index (χ2n) is 6.39. The zero-order valence-electron chi connectivity index (χ0n) is 15.0. The average Bonchev–Trinajstić information content (AvgIpc) is 2.62. The minimum absolute atomic E-state index is 0.786. The van der Waals surface area contributed by atoms with Crippen molar-refractivity contribution in [1.29, 1.82) is 0 Å². The molecule has 25 heavy (non-hydrogen) atoms. The number of benzene rings is 1. The van der Waals surface area contributed by atoms with Gasteiger partial charge in [-0.15, -0.1) is 0 Å². The van der Waals surface area contributed by atoms with Crippen LogP contribution in [-0.4, -0.2) is 42.7 Å². The van der Waals surface area contributed by atoms with Gasteiger partial charge in [0.25, 0.3) is 0 Å². The first-order valence-electron chi connectivity index (χ1n) is 9.00. The molecular formula is C19H26ClN5. The van der Waals surface area contributed by atoms with Gasteiger partial charge in [-0.2, -0.15) is 0 Å². The van der Waals surface area contributed by atoms with E-state index in [2.05, 4.69) is 44.1 Å². The summed E-state index contributed by atoms with van der Waals surface area (Å²) in [5, 5.41) is 4.19. The molecule has 1 N–H and O–H groups in total. The minimum atomic E-state index is 0.786. The molecule has 1 aliphatic heterocycles. The van der Waals surface area contributed by atoms with Crippen molar-refractivity contribution in [3.05, 3.63) is 41.2 Å². The molecule has 0 saturated carbocycles. The summed E-state index contributed by atoms with van der Waals surface area (Å²) in [6.07, 6.45) is 2.33. The van der Waals surface area contributed by atoms with Crippen LogP contribution in [0.15, 0.2) is 30.3 Å². The van der Waals surface area contributed by atoms with Crippen LogP contribution in [0.5, 0.6) is 0 Å². The van der Waals surface area contributed by atoms with Crippen LogP contribution < -0.4 is 15.1 Å². The monoisotopic (exact) mass is 359 g/mol. The number of nitrogens with zero attached hydrogens (tertiary/aromatic N) is 4. The third kappa shape index (κ3) is 4.75. The lowest BCUT2D eigenvalue weighted by atomic mass is 10.2. The third-order valence-electron chi connectivity index (χ3n) is 4.44. The van der Waals surface area contributed by atoms with Crippen molar-refractivity contribution in [1.82, 2.24) is 9.97 Å². The molecule has 1 saturated heterocycles. The topological polar surface area (TPSA) is 44.3 Å². The number of hydrogen-bond donors (Lipinski definition) is 1.